The van der Waals surface area contributed by atoms with Crippen LogP contribution in [0.25, 0.3) is 0 Å². The van der Waals surface area contributed by atoms with E-state index in [-0.39, 0.29) is 5.82 Å². The Balaban J connectivity index is 2.37. The van der Waals surface area contributed by atoms with E-state index in [0.717, 1.165) is 42.6 Å². The van der Waals surface area contributed by atoms with E-state index >= 15 is 0 Å². The molecule has 0 bridgehead atoms. The Kier molecular flexibility index (Phi) is 6.70. The molecule has 0 aromatic heterocycles. The van der Waals surface area contributed by atoms with Gasteiger partial charge in [0.1, 0.15) is 5.82 Å². The maximum atomic E-state index is 12.9. The lowest BCUT2D eigenvalue weighted by molar-refractivity contribution is 0.324. The summed E-state index contributed by atoms with van der Waals surface area (Å²) in [6.07, 6.45) is 1.16. The Morgan fingerprint density at radius 2 is 2.12 bits per heavy atom. The first-order chi connectivity index (χ1) is 8.13. The lowest BCUT2D eigenvalue weighted by Gasteiger charge is -2.17. The number of hydrogen-bond donors (Lipinski definition) is 1. The van der Waals surface area contributed by atoms with E-state index in [4.69, 9.17) is 0 Å². The average molecular weight is 303 g/mol. The number of nitrogens with zero attached hydrogens (tertiary/aromatic N) is 1. The molecule has 0 aliphatic rings. The minimum Gasteiger partial charge on any atom is -0.315 e. The van der Waals surface area contributed by atoms with Crippen LogP contribution in [0.1, 0.15) is 18.9 Å². The molecule has 0 radical (unpaired) electrons. The van der Waals surface area contributed by atoms with Gasteiger partial charge in [0.05, 0.1) is 0 Å². The quantitative estimate of drug-likeness (QED) is 0.779. The van der Waals surface area contributed by atoms with Gasteiger partial charge in [-0.05, 0) is 37.7 Å². The highest BCUT2D eigenvalue weighted by Gasteiger charge is 2.04. The number of likely N-dealkylation sites (N-methyl/N-ethyl adjacent to an activating group) is 1. The Hall–Kier alpha value is -0.450. The molecule has 0 unspecified atom stereocenters. The highest BCUT2D eigenvalue weighted by atomic mass is 79.9. The fraction of sp³-hybridized carbons (Fsp3) is 0.538. The molecule has 4 heteroatoms. The van der Waals surface area contributed by atoms with Crippen LogP contribution in [0.5, 0.6) is 0 Å². The smallest absolute Gasteiger partial charge is 0.124 e. The van der Waals surface area contributed by atoms with Gasteiger partial charge < -0.3 is 10.2 Å². The maximum absolute atomic E-state index is 12.9. The second-order valence-corrected chi connectivity index (χ2v) is 5.08. The molecule has 0 heterocycles. The van der Waals surface area contributed by atoms with Crippen LogP contribution >= 0.6 is 15.9 Å². The summed E-state index contributed by atoms with van der Waals surface area (Å²) < 4.78 is 13.8. The highest BCUT2D eigenvalue weighted by Crippen LogP contribution is 2.19. The van der Waals surface area contributed by atoms with Crippen LogP contribution in [0.15, 0.2) is 22.7 Å². The molecule has 1 rings (SSSR count). The zero-order chi connectivity index (χ0) is 12.7. The Morgan fingerprint density at radius 3 is 2.76 bits per heavy atom. The molecule has 0 saturated heterocycles. The molecule has 0 spiro atoms. The molecule has 0 saturated carbocycles. The lowest BCUT2D eigenvalue weighted by Crippen LogP contribution is -2.29. The third kappa shape index (κ3) is 5.61. The van der Waals surface area contributed by atoms with Gasteiger partial charge >= 0.3 is 0 Å². The normalized spacial score (nSPS) is 11.1. The molecule has 0 aliphatic carbocycles. The van der Waals surface area contributed by atoms with Gasteiger partial charge in [-0.15, -0.1) is 0 Å². The van der Waals surface area contributed by atoms with Crippen LogP contribution in [-0.2, 0) is 6.54 Å². The van der Waals surface area contributed by atoms with Gasteiger partial charge in [-0.25, -0.2) is 4.39 Å². The van der Waals surface area contributed by atoms with Gasteiger partial charge in [-0.1, -0.05) is 28.9 Å². The third-order valence-electron chi connectivity index (χ3n) is 2.55. The summed E-state index contributed by atoms with van der Waals surface area (Å²) in [5.41, 5.74) is 1.12. The van der Waals surface area contributed by atoms with E-state index in [0.29, 0.717) is 0 Å². The van der Waals surface area contributed by atoms with Gasteiger partial charge in [0.2, 0.25) is 0 Å². The summed E-state index contributed by atoms with van der Waals surface area (Å²) >= 11 is 3.39. The van der Waals surface area contributed by atoms with E-state index in [1.807, 2.05) is 6.07 Å². The van der Waals surface area contributed by atoms with E-state index in [9.17, 15) is 4.39 Å². The van der Waals surface area contributed by atoms with Crippen LogP contribution in [0, 0.1) is 5.82 Å². The molecule has 0 fully saturated rings. The molecule has 1 N–H and O–H groups in total. The van der Waals surface area contributed by atoms with Crippen molar-refractivity contribution in [3.63, 3.8) is 0 Å². The fourth-order valence-corrected chi connectivity index (χ4v) is 2.07. The number of rotatable bonds is 7. The van der Waals surface area contributed by atoms with Crippen molar-refractivity contribution >= 4 is 15.9 Å². The number of hydrogen-bond acceptors (Lipinski definition) is 2. The van der Waals surface area contributed by atoms with Crippen LogP contribution in [0.3, 0.4) is 0 Å². The van der Waals surface area contributed by atoms with E-state index < -0.39 is 0 Å². The predicted molar refractivity (Wildman–Crippen MR) is 73.6 cm³/mol. The topological polar surface area (TPSA) is 15.3 Å². The van der Waals surface area contributed by atoms with Crippen molar-refractivity contribution in [1.29, 1.82) is 0 Å². The van der Waals surface area contributed by atoms with Crippen molar-refractivity contribution in [2.24, 2.45) is 0 Å². The van der Waals surface area contributed by atoms with Crippen molar-refractivity contribution in [1.82, 2.24) is 10.2 Å². The standard InChI is InChI=1S/C13H20BrFN2/c1-3-6-16-7-8-17(2)10-11-4-5-12(15)9-13(11)14/h4-5,9,16H,3,6-8,10H2,1-2H3. The first-order valence-electron chi connectivity index (χ1n) is 5.96. The number of benzene rings is 1. The largest absolute Gasteiger partial charge is 0.315 e. The summed E-state index contributed by atoms with van der Waals surface area (Å²) in [4.78, 5) is 2.22. The molecular formula is C13H20BrFN2. The Morgan fingerprint density at radius 1 is 1.35 bits per heavy atom. The Labute approximate surface area is 111 Å². The van der Waals surface area contributed by atoms with Crippen LogP contribution in [-0.4, -0.2) is 31.6 Å². The number of halogens is 2. The van der Waals surface area contributed by atoms with Crippen molar-refractivity contribution in [3.05, 3.63) is 34.1 Å². The van der Waals surface area contributed by atoms with E-state index in [2.05, 4.69) is 40.1 Å². The molecule has 2 nitrogen and oxygen atoms in total. The minimum absolute atomic E-state index is 0.201. The van der Waals surface area contributed by atoms with Gasteiger partial charge in [-0.3, -0.25) is 0 Å². The SMILES string of the molecule is CCCNCCN(C)Cc1ccc(F)cc1Br. The molecule has 1 aromatic rings. The summed E-state index contributed by atoms with van der Waals surface area (Å²) in [6, 6.07) is 4.84. The average Bonchev–Trinajstić information content (AvgIpc) is 2.28. The molecular weight excluding hydrogens is 283 g/mol. The van der Waals surface area contributed by atoms with Gasteiger partial charge in [0, 0.05) is 24.1 Å². The monoisotopic (exact) mass is 302 g/mol. The minimum atomic E-state index is -0.201. The first-order valence-corrected chi connectivity index (χ1v) is 6.76. The molecule has 0 atom stereocenters. The van der Waals surface area contributed by atoms with Gasteiger partial charge in [0.15, 0.2) is 0 Å². The van der Waals surface area contributed by atoms with Crippen molar-refractivity contribution < 1.29 is 4.39 Å². The second kappa shape index (κ2) is 7.80. The second-order valence-electron chi connectivity index (χ2n) is 4.22. The van der Waals surface area contributed by atoms with E-state index in [1.54, 1.807) is 0 Å². The van der Waals surface area contributed by atoms with Crippen molar-refractivity contribution in [2.75, 3.05) is 26.7 Å². The summed E-state index contributed by atoms with van der Waals surface area (Å²) in [5, 5.41) is 3.36. The first kappa shape index (κ1) is 14.6. The maximum Gasteiger partial charge on any atom is 0.124 e. The predicted octanol–water partition coefficient (Wildman–Crippen LogP) is 3.02. The Bertz CT molecular complexity index is 344. The summed E-state index contributed by atoms with van der Waals surface area (Å²) in [6.45, 7) is 6.03. The van der Waals surface area contributed by atoms with Crippen molar-refractivity contribution in [2.45, 2.75) is 19.9 Å². The van der Waals surface area contributed by atoms with Crippen LogP contribution in [0.2, 0.25) is 0 Å². The molecule has 96 valence electrons. The lowest BCUT2D eigenvalue weighted by atomic mass is 10.2. The van der Waals surface area contributed by atoms with Gasteiger partial charge in [-0.2, -0.15) is 0 Å². The number of nitrogens with one attached hydrogen (secondary N) is 1. The highest BCUT2D eigenvalue weighted by molar-refractivity contribution is 9.10. The van der Waals surface area contributed by atoms with Gasteiger partial charge in [0.25, 0.3) is 0 Å². The summed E-state index contributed by atoms with van der Waals surface area (Å²) in [7, 11) is 2.07. The molecule has 0 aliphatic heterocycles. The zero-order valence-corrected chi connectivity index (χ0v) is 12.1. The van der Waals surface area contributed by atoms with Crippen LogP contribution < -0.4 is 5.32 Å². The van der Waals surface area contributed by atoms with E-state index in [1.165, 1.54) is 12.1 Å². The summed E-state index contributed by atoms with van der Waals surface area (Å²) in [5.74, 6) is -0.201. The molecule has 1 aromatic carbocycles. The van der Waals surface area contributed by atoms with Crippen LogP contribution in [0.4, 0.5) is 4.39 Å². The fourth-order valence-electron chi connectivity index (χ4n) is 1.59. The molecule has 17 heavy (non-hydrogen) atoms. The molecule has 0 amide bonds. The van der Waals surface area contributed by atoms with Crippen molar-refractivity contribution in [3.8, 4) is 0 Å². The third-order valence-corrected chi connectivity index (χ3v) is 3.29. The zero-order valence-electron chi connectivity index (χ0n) is 10.5.